The summed E-state index contributed by atoms with van der Waals surface area (Å²) in [6.45, 7) is 0.700. The van der Waals surface area contributed by atoms with Crippen LogP contribution in [0.5, 0.6) is 0 Å². The van der Waals surface area contributed by atoms with Gasteiger partial charge in [-0.1, -0.05) is 42.5 Å². The van der Waals surface area contributed by atoms with Crippen molar-refractivity contribution in [2.45, 2.75) is 6.54 Å². The molecule has 0 aliphatic heterocycles. The van der Waals surface area contributed by atoms with Crippen molar-refractivity contribution in [2.24, 2.45) is 0 Å². The van der Waals surface area contributed by atoms with Crippen molar-refractivity contribution in [1.29, 1.82) is 0 Å². The molecule has 1 nitrogen and oxygen atoms in total. The Bertz CT molecular complexity index is 640. The third-order valence-electron chi connectivity index (χ3n) is 2.94. The van der Waals surface area contributed by atoms with Gasteiger partial charge in [0.25, 0.3) is 0 Å². The Kier molecular flexibility index (Phi) is 2.41. The molecule has 84 valence electrons. The van der Waals surface area contributed by atoms with E-state index in [1.165, 1.54) is 5.56 Å². The van der Waals surface area contributed by atoms with E-state index in [2.05, 4.69) is 0 Å². The summed E-state index contributed by atoms with van der Waals surface area (Å²) in [5.74, 6) is -0.156. The van der Waals surface area contributed by atoms with E-state index in [9.17, 15) is 4.39 Å². The highest BCUT2D eigenvalue weighted by Gasteiger charge is 2.07. The molecular weight excluding hydrogens is 213 g/mol. The zero-order chi connectivity index (χ0) is 11.7. The van der Waals surface area contributed by atoms with Gasteiger partial charge in [0.15, 0.2) is 0 Å². The predicted octanol–water partition coefficient (Wildman–Crippen LogP) is 3.83. The monoisotopic (exact) mass is 225 g/mol. The first-order valence-corrected chi connectivity index (χ1v) is 5.62. The van der Waals surface area contributed by atoms with E-state index in [0.717, 1.165) is 5.52 Å². The third-order valence-corrected chi connectivity index (χ3v) is 2.94. The molecule has 2 aromatic carbocycles. The van der Waals surface area contributed by atoms with Crippen molar-refractivity contribution in [3.63, 3.8) is 0 Å². The maximum Gasteiger partial charge on any atom is 0.148 e. The minimum absolute atomic E-state index is 0.156. The highest BCUT2D eigenvalue weighted by atomic mass is 19.1. The first-order chi connectivity index (χ1) is 8.34. The van der Waals surface area contributed by atoms with Crippen LogP contribution in [0.4, 0.5) is 4.39 Å². The lowest BCUT2D eigenvalue weighted by Gasteiger charge is -2.04. The molecule has 0 N–H and O–H groups in total. The van der Waals surface area contributed by atoms with Gasteiger partial charge in [-0.2, -0.15) is 0 Å². The molecule has 0 atom stereocenters. The number of benzene rings is 2. The van der Waals surface area contributed by atoms with E-state index >= 15 is 0 Å². The predicted molar refractivity (Wildman–Crippen MR) is 67.4 cm³/mol. The zero-order valence-corrected chi connectivity index (χ0v) is 9.31. The van der Waals surface area contributed by atoms with Gasteiger partial charge in [0.1, 0.15) is 5.82 Å². The fourth-order valence-electron chi connectivity index (χ4n) is 2.11. The topological polar surface area (TPSA) is 4.93 Å². The van der Waals surface area contributed by atoms with Crippen LogP contribution in [0.2, 0.25) is 0 Å². The second-order valence-corrected chi connectivity index (χ2v) is 4.11. The number of fused-ring (bicyclic) bond motifs is 1. The summed E-state index contributed by atoms with van der Waals surface area (Å²) in [4.78, 5) is 0. The van der Waals surface area contributed by atoms with Gasteiger partial charge >= 0.3 is 0 Å². The average molecular weight is 225 g/mol. The fraction of sp³-hybridized carbons (Fsp3) is 0.0667. The van der Waals surface area contributed by atoms with E-state index < -0.39 is 0 Å². The molecule has 3 aromatic rings. The first kappa shape index (κ1) is 10.1. The van der Waals surface area contributed by atoms with Crippen LogP contribution in [-0.4, -0.2) is 4.57 Å². The maximum absolute atomic E-state index is 13.7. The van der Waals surface area contributed by atoms with Gasteiger partial charge in [-0.3, -0.25) is 0 Å². The molecule has 0 spiro atoms. The smallest absolute Gasteiger partial charge is 0.148 e. The van der Waals surface area contributed by atoms with Gasteiger partial charge in [-0.05, 0) is 17.7 Å². The Hall–Kier alpha value is -2.09. The molecule has 1 heterocycles. The molecule has 1 aromatic heterocycles. The highest BCUT2D eigenvalue weighted by molar-refractivity contribution is 5.80. The summed E-state index contributed by atoms with van der Waals surface area (Å²) in [5.41, 5.74) is 2.11. The van der Waals surface area contributed by atoms with Gasteiger partial charge in [0.2, 0.25) is 0 Å². The molecule has 0 radical (unpaired) electrons. The van der Waals surface area contributed by atoms with Crippen molar-refractivity contribution in [3.8, 4) is 0 Å². The minimum Gasteiger partial charge on any atom is -0.340 e. The Morgan fingerprint density at radius 1 is 0.882 bits per heavy atom. The summed E-state index contributed by atoms with van der Waals surface area (Å²) < 4.78 is 15.6. The molecule has 0 aliphatic carbocycles. The SMILES string of the molecule is Fc1cn(Cc2ccccc2)c2ccccc12. The number of halogens is 1. The van der Waals surface area contributed by atoms with Crippen LogP contribution in [0.15, 0.2) is 60.8 Å². The molecule has 0 fully saturated rings. The van der Waals surface area contributed by atoms with Crippen molar-refractivity contribution in [2.75, 3.05) is 0 Å². The minimum atomic E-state index is -0.156. The number of hydrogen-bond donors (Lipinski definition) is 0. The molecule has 0 aliphatic rings. The summed E-state index contributed by atoms with van der Waals surface area (Å²) in [7, 11) is 0. The van der Waals surface area contributed by atoms with Crippen LogP contribution in [0, 0.1) is 5.82 Å². The standard InChI is InChI=1S/C15H12FN/c16-14-11-17(10-12-6-2-1-3-7-12)15-9-5-4-8-13(14)15/h1-9,11H,10H2. The Morgan fingerprint density at radius 2 is 1.59 bits per heavy atom. The normalized spacial score (nSPS) is 10.9. The van der Waals surface area contributed by atoms with Gasteiger partial charge < -0.3 is 4.57 Å². The van der Waals surface area contributed by atoms with Crippen LogP contribution in [0.25, 0.3) is 10.9 Å². The van der Waals surface area contributed by atoms with Crippen molar-refractivity contribution < 1.29 is 4.39 Å². The third kappa shape index (κ3) is 1.82. The fourth-order valence-corrected chi connectivity index (χ4v) is 2.11. The summed E-state index contributed by atoms with van der Waals surface area (Å²) in [6, 6.07) is 17.6. The molecule has 17 heavy (non-hydrogen) atoms. The van der Waals surface area contributed by atoms with E-state index in [1.54, 1.807) is 6.20 Å². The van der Waals surface area contributed by atoms with Gasteiger partial charge in [0, 0.05) is 18.1 Å². The molecule has 0 bridgehead atoms. The van der Waals surface area contributed by atoms with Crippen LogP contribution < -0.4 is 0 Å². The first-order valence-electron chi connectivity index (χ1n) is 5.62. The summed E-state index contributed by atoms with van der Waals surface area (Å²) in [6.07, 6.45) is 1.57. The van der Waals surface area contributed by atoms with E-state index in [-0.39, 0.29) is 5.82 Å². The summed E-state index contributed by atoms with van der Waals surface area (Å²) in [5, 5.41) is 0.684. The van der Waals surface area contributed by atoms with E-state index in [1.807, 2.05) is 59.2 Å². The lowest BCUT2D eigenvalue weighted by atomic mass is 10.2. The Labute approximate surface area is 99.1 Å². The molecule has 0 unspecified atom stereocenters. The van der Waals surface area contributed by atoms with Crippen molar-refractivity contribution in [3.05, 3.63) is 72.2 Å². The maximum atomic E-state index is 13.7. The molecule has 0 saturated carbocycles. The molecule has 0 amide bonds. The second kappa shape index (κ2) is 4.06. The van der Waals surface area contributed by atoms with E-state index in [4.69, 9.17) is 0 Å². The van der Waals surface area contributed by atoms with Crippen molar-refractivity contribution in [1.82, 2.24) is 4.57 Å². The van der Waals surface area contributed by atoms with E-state index in [0.29, 0.717) is 11.9 Å². The Balaban J connectivity index is 2.07. The van der Waals surface area contributed by atoms with Crippen molar-refractivity contribution >= 4 is 10.9 Å². The number of hydrogen-bond acceptors (Lipinski definition) is 0. The van der Waals surface area contributed by atoms with Crippen LogP contribution in [0.3, 0.4) is 0 Å². The molecule has 0 saturated heterocycles. The molecular formula is C15H12FN. The number of rotatable bonds is 2. The quantitative estimate of drug-likeness (QED) is 0.624. The molecule has 3 rings (SSSR count). The number of nitrogens with zero attached hydrogens (tertiary/aromatic N) is 1. The number of aromatic nitrogens is 1. The number of para-hydroxylation sites is 1. The lowest BCUT2D eigenvalue weighted by molar-refractivity contribution is 0.629. The lowest BCUT2D eigenvalue weighted by Crippen LogP contribution is -1.97. The van der Waals surface area contributed by atoms with Gasteiger partial charge in [-0.25, -0.2) is 4.39 Å². The molecule has 2 heteroatoms. The largest absolute Gasteiger partial charge is 0.340 e. The Morgan fingerprint density at radius 3 is 2.41 bits per heavy atom. The summed E-state index contributed by atoms with van der Waals surface area (Å²) >= 11 is 0. The van der Waals surface area contributed by atoms with Crippen LogP contribution in [-0.2, 0) is 6.54 Å². The zero-order valence-electron chi connectivity index (χ0n) is 9.31. The highest BCUT2D eigenvalue weighted by Crippen LogP contribution is 2.20. The average Bonchev–Trinajstić information content (AvgIpc) is 2.69. The van der Waals surface area contributed by atoms with Crippen LogP contribution in [0.1, 0.15) is 5.56 Å². The second-order valence-electron chi connectivity index (χ2n) is 4.11. The van der Waals surface area contributed by atoms with Gasteiger partial charge in [-0.15, -0.1) is 0 Å². The van der Waals surface area contributed by atoms with Crippen LogP contribution >= 0.6 is 0 Å². The van der Waals surface area contributed by atoms with Gasteiger partial charge in [0.05, 0.1) is 5.52 Å².